The molecule has 0 spiro atoms. The van der Waals surface area contributed by atoms with E-state index in [1.165, 1.54) is 0 Å². The molecule has 0 aromatic heterocycles. The van der Waals surface area contributed by atoms with Crippen molar-refractivity contribution in [3.05, 3.63) is 120 Å². The smallest absolute Gasteiger partial charge is 0.228 e. The van der Waals surface area contributed by atoms with Gasteiger partial charge in [-0.25, -0.2) is 0 Å². The Morgan fingerprint density at radius 3 is 1.69 bits per heavy atom. The molecule has 5 nitrogen and oxygen atoms in total. The van der Waals surface area contributed by atoms with Gasteiger partial charge in [0.05, 0.1) is 13.2 Å². The summed E-state index contributed by atoms with van der Waals surface area (Å²) in [5.41, 5.74) is 3.19. The molecular weight excluding hydrogens is 404 g/mol. The van der Waals surface area contributed by atoms with Gasteiger partial charge in [-0.2, -0.15) is 0 Å². The van der Waals surface area contributed by atoms with Gasteiger partial charge in [0.25, 0.3) is 0 Å². The van der Waals surface area contributed by atoms with Crippen LogP contribution in [0.1, 0.15) is 16.7 Å². The van der Waals surface area contributed by atoms with E-state index in [0.29, 0.717) is 25.6 Å². The van der Waals surface area contributed by atoms with Crippen LogP contribution in [0, 0.1) is 0 Å². The predicted molar refractivity (Wildman–Crippen MR) is 121 cm³/mol. The zero-order chi connectivity index (χ0) is 22.0. The Balaban J connectivity index is 1.51. The summed E-state index contributed by atoms with van der Waals surface area (Å²) < 4.78 is 30.1. The standard InChI is InChI=1S/C27H28O5/c1-28-27-26(31-19-23-15-9-4-10-16-23)25(30-18-22-13-7-3-8-14-22)24(20-32-27)29-17-21-11-5-2-6-12-21/h2-16,20,25-27H,17-19H2,1H3/t25-,26-,27+/m0/s1. The van der Waals surface area contributed by atoms with Gasteiger partial charge in [0.1, 0.15) is 12.9 Å². The summed E-state index contributed by atoms with van der Waals surface area (Å²) in [5, 5.41) is 0. The van der Waals surface area contributed by atoms with Crippen LogP contribution in [0.3, 0.4) is 0 Å². The second kappa shape index (κ2) is 11.5. The highest BCUT2D eigenvalue weighted by molar-refractivity contribution is 5.17. The van der Waals surface area contributed by atoms with Crippen LogP contribution in [0.4, 0.5) is 0 Å². The van der Waals surface area contributed by atoms with Crippen molar-refractivity contribution in [3.8, 4) is 0 Å². The van der Waals surface area contributed by atoms with Gasteiger partial charge in [-0.3, -0.25) is 0 Å². The van der Waals surface area contributed by atoms with Crippen molar-refractivity contribution in [2.45, 2.75) is 38.3 Å². The van der Waals surface area contributed by atoms with Crippen LogP contribution in [0.15, 0.2) is 103 Å². The van der Waals surface area contributed by atoms with E-state index in [2.05, 4.69) is 0 Å². The van der Waals surface area contributed by atoms with Gasteiger partial charge >= 0.3 is 0 Å². The van der Waals surface area contributed by atoms with E-state index in [1.807, 2.05) is 91.0 Å². The number of ether oxygens (including phenoxy) is 5. The van der Waals surface area contributed by atoms with Crippen molar-refractivity contribution in [2.75, 3.05) is 7.11 Å². The zero-order valence-corrected chi connectivity index (χ0v) is 18.1. The summed E-state index contributed by atoms with van der Waals surface area (Å²) in [7, 11) is 1.60. The minimum atomic E-state index is -0.608. The summed E-state index contributed by atoms with van der Waals surface area (Å²) in [6, 6.07) is 30.0. The second-order valence-electron chi connectivity index (χ2n) is 7.51. The van der Waals surface area contributed by atoms with Gasteiger partial charge in [0.2, 0.25) is 6.29 Å². The van der Waals surface area contributed by atoms with Gasteiger partial charge in [0.15, 0.2) is 18.0 Å². The van der Waals surface area contributed by atoms with E-state index in [4.69, 9.17) is 23.7 Å². The first-order chi connectivity index (χ1) is 15.8. The van der Waals surface area contributed by atoms with Crippen LogP contribution in [0.2, 0.25) is 0 Å². The van der Waals surface area contributed by atoms with Gasteiger partial charge in [-0.1, -0.05) is 91.0 Å². The fraction of sp³-hybridized carbons (Fsp3) is 0.259. The van der Waals surface area contributed by atoms with Crippen LogP contribution >= 0.6 is 0 Å². The third kappa shape index (κ3) is 5.98. The number of rotatable bonds is 10. The first-order valence-electron chi connectivity index (χ1n) is 10.7. The Kier molecular flexibility index (Phi) is 7.93. The molecule has 166 valence electrons. The average Bonchev–Trinajstić information content (AvgIpc) is 2.87. The Bertz CT molecular complexity index is 959. The van der Waals surface area contributed by atoms with Crippen LogP contribution < -0.4 is 0 Å². The van der Waals surface area contributed by atoms with Crippen molar-refractivity contribution >= 4 is 0 Å². The average molecular weight is 433 g/mol. The van der Waals surface area contributed by atoms with Crippen LogP contribution in [-0.2, 0) is 43.5 Å². The number of hydrogen-bond acceptors (Lipinski definition) is 5. The summed E-state index contributed by atoms with van der Waals surface area (Å²) in [6.07, 6.45) is -0.0145. The summed E-state index contributed by atoms with van der Waals surface area (Å²) in [5.74, 6) is 0.580. The van der Waals surface area contributed by atoms with E-state index in [-0.39, 0.29) is 0 Å². The van der Waals surface area contributed by atoms with Crippen molar-refractivity contribution in [1.29, 1.82) is 0 Å². The highest BCUT2D eigenvalue weighted by Gasteiger charge is 2.40. The minimum Gasteiger partial charge on any atom is -0.487 e. The molecule has 1 aliphatic heterocycles. The lowest BCUT2D eigenvalue weighted by molar-refractivity contribution is -0.226. The lowest BCUT2D eigenvalue weighted by Gasteiger charge is -2.36. The molecule has 0 bridgehead atoms. The van der Waals surface area contributed by atoms with Gasteiger partial charge in [-0.15, -0.1) is 0 Å². The third-order valence-corrected chi connectivity index (χ3v) is 5.20. The van der Waals surface area contributed by atoms with Crippen molar-refractivity contribution in [2.24, 2.45) is 0 Å². The van der Waals surface area contributed by atoms with E-state index >= 15 is 0 Å². The van der Waals surface area contributed by atoms with Crippen LogP contribution in [-0.4, -0.2) is 25.6 Å². The number of benzene rings is 3. The Morgan fingerprint density at radius 1 is 0.656 bits per heavy atom. The van der Waals surface area contributed by atoms with Gasteiger partial charge < -0.3 is 23.7 Å². The topological polar surface area (TPSA) is 46.2 Å². The Hall–Kier alpha value is -3.12. The maximum atomic E-state index is 6.32. The minimum absolute atomic E-state index is 0.407. The monoisotopic (exact) mass is 432 g/mol. The molecule has 4 rings (SSSR count). The molecule has 0 saturated carbocycles. The van der Waals surface area contributed by atoms with Crippen molar-refractivity contribution < 1.29 is 23.7 Å². The molecule has 3 aromatic rings. The second-order valence-corrected chi connectivity index (χ2v) is 7.51. The largest absolute Gasteiger partial charge is 0.487 e. The van der Waals surface area contributed by atoms with E-state index < -0.39 is 18.5 Å². The Labute approximate surface area is 189 Å². The Morgan fingerprint density at radius 2 is 1.16 bits per heavy atom. The molecule has 0 N–H and O–H groups in total. The molecule has 0 fully saturated rings. The van der Waals surface area contributed by atoms with Crippen LogP contribution in [0.5, 0.6) is 0 Å². The maximum absolute atomic E-state index is 6.32. The summed E-state index contributed by atoms with van der Waals surface area (Å²) in [4.78, 5) is 0. The van der Waals surface area contributed by atoms with E-state index in [0.717, 1.165) is 16.7 Å². The first kappa shape index (κ1) is 22.1. The SMILES string of the molecule is CO[C@@H]1OC=C(OCc2ccccc2)[C@H](OCc2ccccc2)[C@@H]1OCc1ccccc1. The van der Waals surface area contributed by atoms with E-state index in [9.17, 15) is 0 Å². The van der Waals surface area contributed by atoms with Gasteiger partial charge in [0, 0.05) is 7.11 Å². The fourth-order valence-corrected chi connectivity index (χ4v) is 3.50. The molecule has 3 aromatic carbocycles. The van der Waals surface area contributed by atoms with Crippen molar-refractivity contribution in [3.63, 3.8) is 0 Å². The summed E-state index contributed by atoms with van der Waals surface area (Å²) in [6.45, 7) is 1.23. The molecule has 1 heterocycles. The molecule has 0 radical (unpaired) electrons. The zero-order valence-electron chi connectivity index (χ0n) is 18.1. The highest BCUT2D eigenvalue weighted by Crippen LogP contribution is 2.28. The third-order valence-electron chi connectivity index (χ3n) is 5.20. The van der Waals surface area contributed by atoms with E-state index in [1.54, 1.807) is 13.4 Å². The summed E-state index contributed by atoms with van der Waals surface area (Å²) >= 11 is 0. The van der Waals surface area contributed by atoms with Crippen molar-refractivity contribution in [1.82, 2.24) is 0 Å². The molecule has 0 amide bonds. The first-order valence-corrected chi connectivity index (χ1v) is 10.7. The predicted octanol–water partition coefficient (Wildman–Crippen LogP) is 5.22. The molecule has 5 heteroatoms. The molecule has 1 aliphatic rings. The normalized spacial score (nSPS) is 20.3. The quantitative estimate of drug-likeness (QED) is 0.440. The molecule has 0 aliphatic carbocycles. The van der Waals surface area contributed by atoms with Gasteiger partial charge in [-0.05, 0) is 16.7 Å². The van der Waals surface area contributed by atoms with Crippen LogP contribution in [0.25, 0.3) is 0 Å². The number of methoxy groups -OCH3 is 1. The molecule has 0 unspecified atom stereocenters. The molecule has 0 saturated heterocycles. The molecular formula is C27H28O5. The lowest BCUT2D eigenvalue weighted by Crippen LogP contribution is -2.47. The highest BCUT2D eigenvalue weighted by atomic mass is 16.7. The lowest BCUT2D eigenvalue weighted by atomic mass is 10.1. The number of hydrogen-bond donors (Lipinski definition) is 0. The fourth-order valence-electron chi connectivity index (χ4n) is 3.50. The maximum Gasteiger partial charge on any atom is 0.228 e. The molecule has 3 atom stereocenters. The molecule has 32 heavy (non-hydrogen) atoms.